The zero-order valence-corrected chi connectivity index (χ0v) is 41.2. The highest BCUT2D eigenvalue weighted by atomic mass is 31.0. The minimum Gasteiger partial charge on any atom is -0.391 e. The molecule has 0 aliphatic heterocycles. The number of rotatable bonds is 15. The zero-order chi connectivity index (χ0) is 49.5. The van der Waals surface area contributed by atoms with Gasteiger partial charge >= 0.3 is 0 Å². The molecule has 0 bridgehead atoms. The van der Waals surface area contributed by atoms with E-state index in [1.165, 1.54) is 11.1 Å². The second kappa shape index (κ2) is 28.5. The van der Waals surface area contributed by atoms with Crippen LogP contribution in [0.1, 0.15) is 106 Å². The van der Waals surface area contributed by atoms with Crippen LogP contribution in [0.3, 0.4) is 0 Å². The molecule has 1 unspecified atom stereocenters. The molecule has 1 aliphatic rings. The summed E-state index contributed by atoms with van der Waals surface area (Å²) < 4.78 is 0. The van der Waals surface area contributed by atoms with Crippen molar-refractivity contribution in [2.24, 2.45) is 5.73 Å². The lowest BCUT2D eigenvalue weighted by Gasteiger charge is -2.27. The number of aliphatic hydroxyl groups is 4. The summed E-state index contributed by atoms with van der Waals surface area (Å²) in [5.74, 6) is 0. The SMILES string of the molecule is CC(C)N[C@H](c1ccccc1)[C@H](O)c1ccccc1.N[C@H]1c2ccccc2C[C@H]1O.O[C@@H](c1ccccc1)[C@H](NP)c1ccccc1.O[C@H](c1ccccc1)[C@@H](NCc1ccccc1)c1ccccc1. The summed E-state index contributed by atoms with van der Waals surface area (Å²) in [5.41, 5.74) is 15.2. The van der Waals surface area contributed by atoms with E-state index in [1.54, 1.807) is 0 Å². The second-order valence-electron chi connectivity index (χ2n) is 17.6. The molecule has 8 nitrogen and oxygen atoms in total. The van der Waals surface area contributed by atoms with Crippen LogP contribution in [-0.2, 0) is 13.0 Å². The van der Waals surface area contributed by atoms with Gasteiger partial charge in [-0.3, -0.25) is 5.09 Å². The molecule has 8 aromatic carbocycles. The molecule has 9 rings (SSSR count). The van der Waals surface area contributed by atoms with Gasteiger partial charge in [0, 0.05) is 19.0 Å². The highest BCUT2D eigenvalue weighted by Gasteiger charge is 2.27. The smallest absolute Gasteiger partial charge is 0.0987 e. The van der Waals surface area contributed by atoms with Crippen molar-refractivity contribution in [1.29, 1.82) is 0 Å². The molecule has 9 N–H and O–H groups in total. The Bertz CT molecular complexity index is 2620. The molecular formula is C61H69N4O4P. The standard InChI is InChI=1S/C21H21NO.C17H21NO.C14H16NOP.C9H11NO/c23-21(19-14-8-3-9-15-19)20(18-12-6-2-7-13-18)22-16-17-10-4-1-5-11-17;1-13(2)18-16(14-9-5-3-6-10-14)17(19)15-11-7-4-8-12-15;16-14(12-9-5-2-6-10-12)13(15-17)11-7-3-1-4-8-11;10-9-7-4-2-1-3-6(7)5-8(9)11/h1-15,20-23H,16H2;3-13,16-19H,1-2H3;1-10,13-16H,17H2;1-4,8-9,11H,5,10H2/t20-,21+;16-,17-;13-,14+;8-,9+/m0111/s1. The topological polar surface area (TPSA) is 143 Å². The van der Waals surface area contributed by atoms with Crippen LogP contribution >= 0.6 is 9.39 Å². The normalized spacial score (nSPS) is 16.2. The molecule has 8 aromatic rings. The summed E-state index contributed by atoms with van der Waals surface area (Å²) in [6.45, 7) is 4.89. The molecule has 0 saturated heterocycles. The van der Waals surface area contributed by atoms with Crippen molar-refractivity contribution in [1.82, 2.24) is 15.7 Å². The lowest BCUT2D eigenvalue weighted by Crippen LogP contribution is -2.32. The molecule has 9 heteroatoms. The summed E-state index contributed by atoms with van der Waals surface area (Å²) in [6, 6.07) is 77.3. The molecular weight excluding hydrogens is 884 g/mol. The number of aliphatic hydroxyl groups excluding tert-OH is 4. The number of fused-ring (bicyclic) bond motifs is 1. The van der Waals surface area contributed by atoms with Crippen LogP contribution < -0.4 is 21.5 Å². The van der Waals surface area contributed by atoms with Crippen molar-refractivity contribution in [2.45, 2.75) is 81.4 Å². The summed E-state index contributed by atoms with van der Waals surface area (Å²) in [4.78, 5) is 0. The predicted octanol–water partition coefficient (Wildman–Crippen LogP) is 11.2. The van der Waals surface area contributed by atoms with Crippen LogP contribution in [0.15, 0.2) is 237 Å². The zero-order valence-electron chi connectivity index (χ0n) is 40.1. The van der Waals surface area contributed by atoms with Crippen LogP contribution in [0.2, 0.25) is 0 Å². The monoisotopic (exact) mass is 953 g/mol. The third kappa shape index (κ3) is 16.0. The van der Waals surface area contributed by atoms with E-state index in [4.69, 9.17) is 5.73 Å². The Morgan fingerprint density at radius 3 is 1.19 bits per heavy atom. The fourth-order valence-corrected chi connectivity index (χ4v) is 8.82. The quantitative estimate of drug-likeness (QED) is 0.0475. The molecule has 0 fully saturated rings. The fourth-order valence-electron chi connectivity index (χ4n) is 8.45. The van der Waals surface area contributed by atoms with Gasteiger partial charge in [-0.05, 0) is 50.1 Å². The van der Waals surface area contributed by atoms with E-state index in [0.29, 0.717) is 19.0 Å². The lowest BCUT2D eigenvalue weighted by atomic mass is 9.95. The third-order valence-corrected chi connectivity index (χ3v) is 12.5. The van der Waals surface area contributed by atoms with Gasteiger partial charge in [-0.2, -0.15) is 0 Å². The molecule has 0 aromatic heterocycles. The molecule has 0 saturated carbocycles. The minimum atomic E-state index is -0.595. The van der Waals surface area contributed by atoms with Crippen LogP contribution in [0.25, 0.3) is 0 Å². The first-order valence-corrected chi connectivity index (χ1v) is 24.6. The number of benzene rings is 8. The van der Waals surface area contributed by atoms with Crippen LogP contribution in [0.5, 0.6) is 0 Å². The van der Waals surface area contributed by atoms with E-state index < -0.39 is 18.3 Å². The molecule has 0 heterocycles. The van der Waals surface area contributed by atoms with E-state index >= 15 is 0 Å². The maximum absolute atomic E-state index is 10.8. The maximum atomic E-state index is 10.8. The summed E-state index contributed by atoms with van der Waals surface area (Å²) in [6.07, 6.45) is -1.38. The van der Waals surface area contributed by atoms with Crippen molar-refractivity contribution in [3.8, 4) is 0 Å². The van der Waals surface area contributed by atoms with E-state index in [-0.39, 0.29) is 30.3 Å². The molecule has 9 atom stereocenters. The predicted molar refractivity (Wildman–Crippen MR) is 289 cm³/mol. The Hall–Kier alpha value is -6.13. The minimum absolute atomic E-state index is 0.0939. The van der Waals surface area contributed by atoms with E-state index in [9.17, 15) is 20.4 Å². The van der Waals surface area contributed by atoms with Crippen molar-refractivity contribution in [3.63, 3.8) is 0 Å². The maximum Gasteiger partial charge on any atom is 0.0987 e. The fraction of sp³-hybridized carbons (Fsp3) is 0.213. The van der Waals surface area contributed by atoms with Gasteiger partial charge in [0.25, 0.3) is 0 Å². The Balaban J connectivity index is 0.000000157. The third-order valence-electron chi connectivity index (χ3n) is 12.2. The Labute approximate surface area is 417 Å². The number of hydrogen-bond acceptors (Lipinski definition) is 8. The molecule has 0 radical (unpaired) electrons. The largest absolute Gasteiger partial charge is 0.391 e. The number of nitrogens with one attached hydrogen (secondary N) is 3. The first-order valence-electron chi connectivity index (χ1n) is 24.0. The average Bonchev–Trinajstić information content (AvgIpc) is 3.72. The Kier molecular flexibility index (Phi) is 21.7. The number of hydrogen-bond donors (Lipinski definition) is 8. The second-order valence-corrected chi connectivity index (χ2v) is 17.9. The molecule has 362 valence electrons. The highest BCUT2D eigenvalue weighted by Crippen LogP contribution is 2.32. The highest BCUT2D eigenvalue weighted by molar-refractivity contribution is 7.13. The van der Waals surface area contributed by atoms with E-state index in [2.05, 4.69) is 63.2 Å². The number of nitrogens with two attached hydrogens (primary N) is 1. The van der Waals surface area contributed by atoms with Gasteiger partial charge in [0.2, 0.25) is 0 Å². The lowest BCUT2D eigenvalue weighted by molar-refractivity contribution is 0.124. The average molecular weight is 953 g/mol. The molecule has 70 heavy (non-hydrogen) atoms. The van der Waals surface area contributed by atoms with Gasteiger partial charge < -0.3 is 36.8 Å². The Morgan fingerprint density at radius 1 is 0.457 bits per heavy atom. The van der Waals surface area contributed by atoms with Gasteiger partial charge in [-0.15, -0.1) is 0 Å². The first kappa shape index (κ1) is 53.2. The molecule has 0 amide bonds. The molecule has 1 aliphatic carbocycles. The van der Waals surface area contributed by atoms with Crippen molar-refractivity contribution >= 4 is 9.39 Å². The van der Waals surface area contributed by atoms with Crippen molar-refractivity contribution < 1.29 is 20.4 Å². The van der Waals surface area contributed by atoms with Gasteiger partial charge in [0.05, 0.1) is 48.6 Å². The first-order chi connectivity index (χ1) is 34.1. The van der Waals surface area contributed by atoms with E-state index in [0.717, 1.165) is 38.9 Å². The molecule has 0 spiro atoms. The summed E-state index contributed by atoms with van der Waals surface area (Å²) in [7, 11) is 2.48. The van der Waals surface area contributed by atoms with Gasteiger partial charge in [-0.1, -0.05) is 260 Å². The summed E-state index contributed by atoms with van der Waals surface area (Å²) in [5, 5.41) is 51.2. The van der Waals surface area contributed by atoms with Crippen LogP contribution in [0.4, 0.5) is 0 Å². The summed E-state index contributed by atoms with van der Waals surface area (Å²) >= 11 is 0. The van der Waals surface area contributed by atoms with Crippen LogP contribution in [-0.4, -0.2) is 32.6 Å². The van der Waals surface area contributed by atoms with Gasteiger partial charge in [0.1, 0.15) is 0 Å². The van der Waals surface area contributed by atoms with Gasteiger partial charge in [-0.25, -0.2) is 0 Å². The van der Waals surface area contributed by atoms with Crippen LogP contribution in [0, 0.1) is 0 Å². The van der Waals surface area contributed by atoms with Crippen molar-refractivity contribution in [3.05, 3.63) is 287 Å². The van der Waals surface area contributed by atoms with E-state index in [1.807, 2.05) is 212 Å². The van der Waals surface area contributed by atoms with Crippen molar-refractivity contribution in [2.75, 3.05) is 0 Å². The van der Waals surface area contributed by atoms with Gasteiger partial charge in [0.15, 0.2) is 0 Å². The Morgan fingerprint density at radius 2 is 0.786 bits per heavy atom.